The molecule has 3 aromatic heterocycles. The fourth-order valence-electron chi connectivity index (χ4n) is 3.64. The van der Waals surface area contributed by atoms with Crippen LogP contribution in [0, 0.1) is 18.3 Å². The number of fused-ring (bicyclic) bond motifs is 1. The van der Waals surface area contributed by atoms with Crippen molar-refractivity contribution >= 4 is 39.9 Å². The molecule has 1 N–H and O–H groups in total. The third-order valence-corrected chi connectivity index (χ3v) is 5.38. The molecule has 9 heteroatoms. The Kier molecular flexibility index (Phi) is 7.04. The van der Waals surface area contributed by atoms with Gasteiger partial charge in [0.2, 0.25) is 0 Å². The number of pyridine rings is 2. The van der Waals surface area contributed by atoms with Crippen LogP contribution in [0.3, 0.4) is 0 Å². The van der Waals surface area contributed by atoms with Crippen LogP contribution in [0.5, 0.6) is 0 Å². The number of rotatable bonds is 7. The Labute approximate surface area is 192 Å². The highest BCUT2D eigenvalue weighted by Gasteiger charge is 2.17. The molecule has 0 unspecified atom stereocenters. The number of allylic oxidation sites excluding steroid dienone is 1. The van der Waals surface area contributed by atoms with Crippen molar-refractivity contribution in [3.63, 3.8) is 0 Å². The third kappa shape index (κ3) is 4.92. The van der Waals surface area contributed by atoms with Crippen molar-refractivity contribution in [3.05, 3.63) is 57.4 Å². The smallest absolute Gasteiger partial charge is 0.158 e. The van der Waals surface area contributed by atoms with Gasteiger partial charge >= 0.3 is 0 Å². The Balaban J connectivity index is 1.95. The number of hydrogen-bond donors (Lipinski definition) is 1. The Bertz CT molecular complexity index is 1150. The topological polar surface area (TPSA) is 82.7 Å². The molecule has 0 aromatic carbocycles. The first-order chi connectivity index (χ1) is 14.7. The van der Waals surface area contributed by atoms with Gasteiger partial charge in [0.15, 0.2) is 5.65 Å². The molecule has 3 heterocycles. The second kappa shape index (κ2) is 9.54. The average Bonchev–Trinajstić information content (AvgIpc) is 2.99. The van der Waals surface area contributed by atoms with Crippen LogP contribution in [0.2, 0.25) is 10.3 Å². The maximum atomic E-state index is 9.35. The summed E-state index contributed by atoms with van der Waals surface area (Å²) in [6.45, 7) is 9.35. The lowest BCUT2D eigenvalue weighted by Crippen LogP contribution is -2.31. The molecule has 0 saturated heterocycles. The summed E-state index contributed by atoms with van der Waals surface area (Å²) in [4.78, 5) is 10.7. The molecular formula is C22H25Cl2N7. The van der Waals surface area contributed by atoms with E-state index < -0.39 is 0 Å². The first-order valence-corrected chi connectivity index (χ1v) is 10.8. The van der Waals surface area contributed by atoms with E-state index in [0.29, 0.717) is 24.8 Å². The van der Waals surface area contributed by atoms with Gasteiger partial charge in [-0.1, -0.05) is 37.0 Å². The van der Waals surface area contributed by atoms with Gasteiger partial charge in [0.25, 0.3) is 0 Å². The maximum Gasteiger partial charge on any atom is 0.158 e. The Hall–Kier alpha value is -2.82. The van der Waals surface area contributed by atoms with Gasteiger partial charge in [0, 0.05) is 24.7 Å². The van der Waals surface area contributed by atoms with Crippen LogP contribution in [0.1, 0.15) is 43.6 Å². The largest absolute Gasteiger partial charge is 0.365 e. The van der Waals surface area contributed by atoms with Crippen molar-refractivity contribution in [2.75, 3.05) is 11.4 Å². The van der Waals surface area contributed by atoms with Gasteiger partial charge in [-0.25, -0.2) is 9.97 Å². The summed E-state index contributed by atoms with van der Waals surface area (Å²) >= 11 is 12.2. The maximum absolute atomic E-state index is 9.35. The summed E-state index contributed by atoms with van der Waals surface area (Å²) in [5, 5.41) is 18.9. The molecule has 0 aliphatic carbocycles. The molecule has 0 bridgehead atoms. The molecule has 162 valence electrons. The molecule has 0 spiro atoms. The first kappa shape index (κ1) is 22.9. The molecule has 3 rings (SSSR count). The van der Waals surface area contributed by atoms with Crippen LogP contribution in [-0.2, 0) is 13.6 Å². The van der Waals surface area contributed by atoms with Gasteiger partial charge < -0.3 is 10.2 Å². The zero-order chi connectivity index (χ0) is 22.7. The Morgan fingerprint density at radius 3 is 2.52 bits per heavy atom. The summed E-state index contributed by atoms with van der Waals surface area (Å²) in [6.07, 6.45) is 1.46. The van der Waals surface area contributed by atoms with E-state index in [-0.39, 0.29) is 10.3 Å². The minimum Gasteiger partial charge on any atom is -0.365 e. The van der Waals surface area contributed by atoms with E-state index in [4.69, 9.17) is 28.2 Å². The number of anilines is 1. The minimum atomic E-state index is 0.289. The van der Waals surface area contributed by atoms with Gasteiger partial charge in [-0.15, -0.1) is 0 Å². The monoisotopic (exact) mass is 457 g/mol. The molecule has 0 aliphatic rings. The Morgan fingerprint density at radius 2 is 1.94 bits per heavy atom. The first-order valence-electron chi connectivity index (χ1n) is 10.0. The molecule has 0 fully saturated rings. The second-order valence-electron chi connectivity index (χ2n) is 7.49. The lowest BCUT2D eigenvalue weighted by molar-refractivity contribution is 0.727. The number of aromatic nitrogens is 4. The third-order valence-electron chi connectivity index (χ3n) is 4.99. The lowest BCUT2D eigenvalue weighted by Gasteiger charge is -2.26. The number of halogens is 2. The molecule has 0 saturated carbocycles. The minimum absolute atomic E-state index is 0.289. The van der Waals surface area contributed by atoms with Gasteiger partial charge in [-0.2, -0.15) is 10.4 Å². The highest BCUT2D eigenvalue weighted by atomic mass is 35.5. The van der Waals surface area contributed by atoms with E-state index in [1.165, 1.54) is 11.6 Å². The van der Waals surface area contributed by atoms with E-state index in [9.17, 15) is 5.26 Å². The van der Waals surface area contributed by atoms with E-state index in [1.807, 2.05) is 30.5 Å². The van der Waals surface area contributed by atoms with Gasteiger partial charge in [-0.05, 0) is 43.5 Å². The van der Waals surface area contributed by atoms with Gasteiger partial charge in [0.1, 0.15) is 16.1 Å². The number of nitrogens with zero attached hydrogens (tertiary/aromatic N) is 6. The molecule has 0 amide bonds. The zero-order valence-corrected chi connectivity index (χ0v) is 19.8. The van der Waals surface area contributed by atoms with Crippen molar-refractivity contribution in [2.24, 2.45) is 7.05 Å². The molecule has 31 heavy (non-hydrogen) atoms. The van der Waals surface area contributed by atoms with Crippen LogP contribution >= 0.6 is 23.2 Å². The Morgan fingerprint density at radius 1 is 1.26 bits per heavy atom. The standard InChI is InChI=1S/C22H25Cl2N7/c1-6-31(16-10-18(23)28-19(24)11-16)20(7-8-25)26-12-15-9-17(13(2)3)21-14(4)29-30(5)22(21)27-15/h7,9-11,13,26H,6,12H2,1-5H3/b20-7+. The lowest BCUT2D eigenvalue weighted by atomic mass is 9.99. The van der Waals surface area contributed by atoms with Crippen molar-refractivity contribution in [1.29, 1.82) is 5.26 Å². The molecule has 0 atom stereocenters. The van der Waals surface area contributed by atoms with Gasteiger partial charge in [0.05, 0.1) is 30.1 Å². The SMILES string of the molecule is CCN(/C(=C/C#N)NCc1cc(C(C)C)c2c(C)nn(C)c2n1)c1cc(Cl)nc(Cl)c1. The number of aryl methyl sites for hydroxylation is 2. The number of nitrogens with one attached hydrogen (secondary N) is 1. The highest BCUT2D eigenvalue weighted by molar-refractivity contribution is 6.32. The summed E-state index contributed by atoms with van der Waals surface area (Å²) in [7, 11) is 1.90. The quantitative estimate of drug-likeness (QED) is 0.393. The second-order valence-corrected chi connectivity index (χ2v) is 8.27. The van der Waals surface area contributed by atoms with E-state index in [1.54, 1.807) is 12.1 Å². The van der Waals surface area contributed by atoms with Crippen LogP contribution in [0.15, 0.2) is 30.1 Å². The van der Waals surface area contributed by atoms with E-state index in [0.717, 1.165) is 28.1 Å². The summed E-state index contributed by atoms with van der Waals surface area (Å²) in [6, 6.07) is 7.64. The van der Waals surface area contributed by atoms with Crippen LogP contribution in [0.4, 0.5) is 5.69 Å². The van der Waals surface area contributed by atoms with Crippen molar-refractivity contribution < 1.29 is 0 Å². The van der Waals surface area contributed by atoms with E-state index >= 15 is 0 Å². The fraction of sp³-hybridized carbons (Fsp3) is 0.364. The molecule has 0 aliphatic heterocycles. The zero-order valence-electron chi connectivity index (χ0n) is 18.2. The van der Waals surface area contributed by atoms with Crippen LogP contribution in [-0.4, -0.2) is 26.3 Å². The molecule has 7 nitrogen and oxygen atoms in total. The predicted molar refractivity (Wildman–Crippen MR) is 125 cm³/mol. The number of hydrogen-bond acceptors (Lipinski definition) is 6. The van der Waals surface area contributed by atoms with Crippen LogP contribution in [0.25, 0.3) is 11.0 Å². The summed E-state index contributed by atoms with van der Waals surface area (Å²) < 4.78 is 1.81. The normalized spacial score (nSPS) is 11.8. The summed E-state index contributed by atoms with van der Waals surface area (Å²) in [5.41, 5.74) is 4.64. The van der Waals surface area contributed by atoms with Crippen molar-refractivity contribution in [1.82, 2.24) is 25.1 Å². The molecule has 3 aromatic rings. The van der Waals surface area contributed by atoms with Crippen molar-refractivity contribution in [3.8, 4) is 6.07 Å². The molecule has 0 radical (unpaired) electrons. The van der Waals surface area contributed by atoms with Gasteiger partial charge in [-0.3, -0.25) is 4.68 Å². The summed E-state index contributed by atoms with van der Waals surface area (Å²) in [5.74, 6) is 0.951. The van der Waals surface area contributed by atoms with Crippen molar-refractivity contribution in [2.45, 2.75) is 40.2 Å². The van der Waals surface area contributed by atoms with Crippen LogP contribution < -0.4 is 10.2 Å². The fourth-order valence-corrected chi connectivity index (χ4v) is 4.09. The molecular weight excluding hydrogens is 433 g/mol. The predicted octanol–water partition coefficient (Wildman–Crippen LogP) is 5.08. The average molecular weight is 458 g/mol. The van der Waals surface area contributed by atoms with E-state index in [2.05, 4.69) is 41.4 Å². The highest BCUT2D eigenvalue weighted by Crippen LogP contribution is 2.28. The number of nitriles is 1.